The van der Waals surface area contributed by atoms with Gasteiger partial charge in [0.15, 0.2) is 0 Å². The van der Waals surface area contributed by atoms with Crippen molar-refractivity contribution in [1.82, 2.24) is 5.32 Å². The highest BCUT2D eigenvalue weighted by molar-refractivity contribution is 5.73. The van der Waals surface area contributed by atoms with Gasteiger partial charge in [-0.2, -0.15) is 5.26 Å². The van der Waals surface area contributed by atoms with E-state index in [-0.39, 0.29) is 24.5 Å². The number of β-amino-alcohol motifs (C(OH)–C–C–N with tert-alkyl or cyclic N) is 1. The summed E-state index contributed by atoms with van der Waals surface area (Å²) >= 11 is 0. The van der Waals surface area contributed by atoms with Gasteiger partial charge < -0.3 is 19.9 Å². The van der Waals surface area contributed by atoms with Crippen molar-refractivity contribution in [3.8, 4) is 11.8 Å². The van der Waals surface area contributed by atoms with E-state index in [1.165, 1.54) is 18.2 Å². The molecule has 0 aliphatic heterocycles. The molecule has 1 aliphatic rings. The van der Waals surface area contributed by atoms with Crippen molar-refractivity contribution in [3.63, 3.8) is 0 Å². The van der Waals surface area contributed by atoms with E-state index in [2.05, 4.69) is 54.2 Å². The number of nitrogens with zero attached hydrogens (tertiary/aromatic N) is 1. The first-order chi connectivity index (χ1) is 16.3. The number of ether oxygens (including phenoxy) is 2. The Hall–Kier alpha value is -3.14. The van der Waals surface area contributed by atoms with E-state index in [0.29, 0.717) is 29.3 Å². The molecule has 0 bridgehead atoms. The molecular weight excluding hydrogens is 428 g/mol. The number of carbonyl (C=O) groups is 1. The Morgan fingerprint density at radius 2 is 1.94 bits per heavy atom. The number of aliphatic hydroxyl groups is 1. The van der Waals surface area contributed by atoms with E-state index >= 15 is 0 Å². The Bertz CT molecular complexity index is 1030. The number of carbonyl (C=O) groups excluding carboxylic acids is 1. The molecule has 34 heavy (non-hydrogen) atoms. The maximum atomic E-state index is 11.3. The van der Waals surface area contributed by atoms with Crippen LogP contribution in [0.4, 0.5) is 0 Å². The molecule has 0 amide bonds. The Labute approximate surface area is 202 Å². The molecular formula is C28H34N2O4. The van der Waals surface area contributed by atoms with Gasteiger partial charge in [-0.3, -0.25) is 4.79 Å². The minimum atomic E-state index is -0.737. The van der Waals surface area contributed by atoms with Gasteiger partial charge in [0, 0.05) is 17.6 Å². The average Bonchev–Trinajstić information content (AvgIpc) is 3.23. The molecule has 0 radical (unpaired) electrons. The number of fused-ring (bicyclic) bond motifs is 1. The number of methoxy groups -OCH3 is 1. The summed E-state index contributed by atoms with van der Waals surface area (Å²) in [5, 5.41) is 23.5. The van der Waals surface area contributed by atoms with E-state index in [4.69, 9.17) is 4.74 Å². The van der Waals surface area contributed by atoms with Gasteiger partial charge in [0.25, 0.3) is 0 Å². The minimum absolute atomic E-state index is 0.0501. The van der Waals surface area contributed by atoms with Crippen molar-refractivity contribution in [1.29, 1.82) is 5.26 Å². The Balaban J connectivity index is 1.52. The normalized spacial score (nSPS) is 14.6. The first-order valence-corrected chi connectivity index (χ1v) is 11.7. The summed E-state index contributed by atoms with van der Waals surface area (Å²) in [6, 6.07) is 16.0. The molecule has 0 saturated heterocycles. The van der Waals surface area contributed by atoms with Crippen LogP contribution in [0.1, 0.15) is 48.9 Å². The monoisotopic (exact) mass is 462 g/mol. The molecule has 2 aromatic carbocycles. The van der Waals surface area contributed by atoms with Gasteiger partial charge in [-0.1, -0.05) is 48.6 Å². The second-order valence-corrected chi connectivity index (χ2v) is 9.50. The van der Waals surface area contributed by atoms with Gasteiger partial charge in [-0.05, 0) is 56.2 Å². The lowest BCUT2D eigenvalue weighted by molar-refractivity contribution is -0.139. The van der Waals surface area contributed by atoms with Crippen molar-refractivity contribution >= 4 is 12.0 Å². The zero-order chi connectivity index (χ0) is 24.6. The standard InChI is InChI=1S/C28H34N2O4/c1-28(2,16-20-14-22-8-4-5-9-23(22)15-20)30-18-25(31)19-34-27-21(10-6-12-24(27)17-29)11-7-13-26(32)33-3/h4-12,20,25,30-31H,13-16,18-19H2,1-3H3/b11-7+/t25-/m0/s1. The molecule has 180 valence electrons. The van der Waals surface area contributed by atoms with Crippen molar-refractivity contribution in [2.45, 2.75) is 51.2 Å². The Kier molecular flexibility index (Phi) is 8.86. The van der Waals surface area contributed by atoms with E-state index in [1.807, 2.05) is 0 Å². The van der Waals surface area contributed by atoms with Crippen LogP contribution < -0.4 is 10.1 Å². The molecule has 0 saturated carbocycles. The second-order valence-electron chi connectivity index (χ2n) is 9.50. The van der Waals surface area contributed by atoms with Crippen LogP contribution in [0, 0.1) is 17.2 Å². The first kappa shape index (κ1) is 25.5. The lowest BCUT2D eigenvalue weighted by Crippen LogP contribution is -2.46. The zero-order valence-electron chi connectivity index (χ0n) is 20.2. The number of hydrogen-bond donors (Lipinski definition) is 2. The fourth-order valence-electron chi connectivity index (χ4n) is 4.52. The van der Waals surface area contributed by atoms with Crippen LogP contribution in [0.5, 0.6) is 5.75 Å². The lowest BCUT2D eigenvalue weighted by atomic mass is 9.88. The molecule has 6 nitrogen and oxygen atoms in total. The fraction of sp³-hybridized carbons (Fsp3) is 0.429. The zero-order valence-corrected chi connectivity index (χ0v) is 20.2. The summed E-state index contributed by atoms with van der Waals surface area (Å²) in [5.41, 5.74) is 3.82. The van der Waals surface area contributed by atoms with Gasteiger partial charge in [-0.15, -0.1) is 0 Å². The maximum absolute atomic E-state index is 11.3. The molecule has 1 aliphatic carbocycles. The second kappa shape index (κ2) is 11.8. The van der Waals surface area contributed by atoms with Gasteiger partial charge >= 0.3 is 5.97 Å². The third-order valence-corrected chi connectivity index (χ3v) is 6.15. The van der Waals surface area contributed by atoms with Crippen molar-refractivity contribution in [2.24, 2.45) is 5.92 Å². The Morgan fingerprint density at radius 3 is 2.59 bits per heavy atom. The average molecular weight is 463 g/mol. The molecule has 0 unspecified atom stereocenters. The van der Waals surface area contributed by atoms with Crippen LogP contribution >= 0.6 is 0 Å². The smallest absolute Gasteiger partial charge is 0.309 e. The predicted octanol–water partition coefficient (Wildman–Crippen LogP) is 4.05. The third-order valence-electron chi connectivity index (χ3n) is 6.15. The van der Waals surface area contributed by atoms with Crippen LogP contribution in [-0.2, 0) is 22.4 Å². The predicted molar refractivity (Wildman–Crippen MR) is 132 cm³/mol. The van der Waals surface area contributed by atoms with Crippen molar-refractivity contribution in [2.75, 3.05) is 20.3 Å². The van der Waals surface area contributed by atoms with Crippen LogP contribution in [-0.4, -0.2) is 43.0 Å². The van der Waals surface area contributed by atoms with Crippen molar-refractivity contribution in [3.05, 3.63) is 70.8 Å². The number of rotatable bonds is 11. The lowest BCUT2D eigenvalue weighted by Gasteiger charge is -2.30. The molecule has 3 rings (SSSR count). The molecule has 6 heteroatoms. The highest BCUT2D eigenvalue weighted by Crippen LogP contribution is 2.32. The highest BCUT2D eigenvalue weighted by atomic mass is 16.5. The Morgan fingerprint density at radius 1 is 1.24 bits per heavy atom. The SMILES string of the molecule is COC(=O)C/C=C/c1cccc(C#N)c1OC[C@@H](O)CNC(C)(C)CC1Cc2ccccc2C1. The summed E-state index contributed by atoms with van der Waals surface area (Å²) in [6.07, 6.45) is 5.99. The number of nitrogens with one attached hydrogen (secondary N) is 1. The quantitative estimate of drug-likeness (QED) is 0.490. The van der Waals surface area contributed by atoms with E-state index in [1.54, 1.807) is 30.4 Å². The summed E-state index contributed by atoms with van der Waals surface area (Å²) in [6.45, 7) is 4.76. The molecule has 0 spiro atoms. The molecule has 0 fully saturated rings. The van der Waals surface area contributed by atoms with Gasteiger partial charge in [0.1, 0.15) is 24.5 Å². The third kappa shape index (κ3) is 7.18. The van der Waals surface area contributed by atoms with Crippen LogP contribution in [0.15, 0.2) is 48.5 Å². The molecule has 2 N–H and O–H groups in total. The van der Waals surface area contributed by atoms with Gasteiger partial charge in [-0.25, -0.2) is 0 Å². The summed E-state index contributed by atoms with van der Waals surface area (Å²) < 4.78 is 10.5. The largest absolute Gasteiger partial charge is 0.489 e. The number of hydrogen-bond acceptors (Lipinski definition) is 6. The van der Waals surface area contributed by atoms with Crippen molar-refractivity contribution < 1.29 is 19.4 Å². The van der Waals surface area contributed by atoms with Crippen LogP contribution in [0.25, 0.3) is 6.08 Å². The molecule has 0 heterocycles. The number of aliphatic hydroxyl groups excluding tert-OH is 1. The van der Waals surface area contributed by atoms with E-state index < -0.39 is 6.10 Å². The van der Waals surface area contributed by atoms with Crippen LogP contribution in [0.2, 0.25) is 0 Å². The number of para-hydroxylation sites is 1. The molecule has 0 aromatic heterocycles. The highest BCUT2D eigenvalue weighted by Gasteiger charge is 2.28. The summed E-state index contributed by atoms with van der Waals surface area (Å²) in [4.78, 5) is 11.3. The number of nitriles is 1. The summed E-state index contributed by atoms with van der Waals surface area (Å²) in [5.74, 6) is 0.643. The minimum Gasteiger partial charge on any atom is -0.489 e. The molecule has 1 atom stereocenters. The first-order valence-electron chi connectivity index (χ1n) is 11.7. The van der Waals surface area contributed by atoms with Gasteiger partial charge in [0.2, 0.25) is 0 Å². The topological polar surface area (TPSA) is 91.6 Å². The number of benzene rings is 2. The molecule has 2 aromatic rings. The van der Waals surface area contributed by atoms with E-state index in [0.717, 1.165) is 19.3 Å². The summed E-state index contributed by atoms with van der Waals surface area (Å²) in [7, 11) is 1.34. The van der Waals surface area contributed by atoms with Gasteiger partial charge in [0.05, 0.1) is 19.1 Å². The fourth-order valence-corrected chi connectivity index (χ4v) is 4.52. The maximum Gasteiger partial charge on any atom is 0.309 e. The number of esters is 1. The van der Waals surface area contributed by atoms with Crippen LogP contribution in [0.3, 0.4) is 0 Å². The van der Waals surface area contributed by atoms with E-state index in [9.17, 15) is 15.2 Å².